The molecule has 1 fully saturated rings. The van der Waals surface area contributed by atoms with Gasteiger partial charge in [0.1, 0.15) is 16.8 Å². The van der Waals surface area contributed by atoms with Gasteiger partial charge in [-0.05, 0) is 26.2 Å². The third-order valence-corrected chi connectivity index (χ3v) is 4.21. The van der Waals surface area contributed by atoms with Crippen LogP contribution >= 0.6 is 11.6 Å². The molecular weight excluding hydrogens is 303 g/mol. The van der Waals surface area contributed by atoms with Crippen LogP contribution in [0, 0.1) is 12.8 Å². The maximum Gasteiger partial charge on any atom is 0.391 e. The minimum Gasteiger partial charge on any atom is -0.356 e. The van der Waals surface area contributed by atoms with E-state index in [-0.39, 0.29) is 12.8 Å². The van der Waals surface area contributed by atoms with Crippen LogP contribution < -0.4 is 4.90 Å². The predicted molar refractivity (Wildman–Crippen MR) is 76.8 cm³/mol. The third-order valence-electron chi connectivity index (χ3n) is 3.84. The Balaban J connectivity index is 2.16. The summed E-state index contributed by atoms with van der Waals surface area (Å²) in [6.07, 6.45) is -2.28. The molecule has 0 unspecified atom stereocenters. The van der Waals surface area contributed by atoms with Crippen molar-refractivity contribution < 1.29 is 13.2 Å². The van der Waals surface area contributed by atoms with Crippen LogP contribution in [0.15, 0.2) is 0 Å². The second kappa shape index (κ2) is 6.38. The number of halogens is 4. The zero-order valence-corrected chi connectivity index (χ0v) is 12.9. The van der Waals surface area contributed by atoms with Crippen molar-refractivity contribution in [2.75, 3.05) is 18.0 Å². The van der Waals surface area contributed by atoms with Crippen LogP contribution in [-0.2, 0) is 6.42 Å². The molecule has 0 bridgehead atoms. The van der Waals surface area contributed by atoms with Gasteiger partial charge in [-0.1, -0.05) is 18.5 Å². The van der Waals surface area contributed by atoms with Crippen molar-refractivity contribution in [1.82, 2.24) is 9.97 Å². The number of aryl methyl sites for hydroxylation is 1. The molecule has 7 heteroatoms. The predicted octanol–water partition coefficient (Wildman–Crippen LogP) is 4.17. The molecule has 2 heterocycles. The first-order valence-electron chi connectivity index (χ1n) is 7.17. The summed E-state index contributed by atoms with van der Waals surface area (Å²) in [4.78, 5) is 10.6. The van der Waals surface area contributed by atoms with Crippen molar-refractivity contribution in [2.45, 2.75) is 45.7 Å². The zero-order chi connectivity index (χ0) is 15.6. The van der Waals surface area contributed by atoms with E-state index in [1.165, 1.54) is 0 Å². The lowest BCUT2D eigenvalue weighted by atomic mass is 9.96. The van der Waals surface area contributed by atoms with Gasteiger partial charge in [-0.2, -0.15) is 13.2 Å². The second-order valence-electron chi connectivity index (χ2n) is 5.43. The largest absolute Gasteiger partial charge is 0.391 e. The Kier molecular flexibility index (Phi) is 4.96. The lowest BCUT2D eigenvalue weighted by molar-refractivity contribution is -0.179. The van der Waals surface area contributed by atoms with E-state index in [1.54, 1.807) is 0 Å². The van der Waals surface area contributed by atoms with Crippen molar-refractivity contribution >= 4 is 17.4 Å². The molecule has 1 aromatic rings. The molecule has 118 valence electrons. The molecule has 0 aliphatic carbocycles. The number of piperidine rings is 1. The minimum absolute atomic E-state index is 0.105. The van der Waals surface area contributed by atoms with E-state index < -0.39 is 12.1 Å². The Morgan fingerprint density at radius 3 is 2.38 bits per heavy atom. The van der Waals surface area contributed by atoms with E-state index in [0.29, 0.717) is 36.3 Å². The highest BCUT2D eigenvalue weighted by molar-refractivity contribution is 6.30. The van der Waals surface area contributed by atoms with Crippen LogP contribution in [0.3, 0.4) is 0 Å². The monoisotopic (exact) mass is 321 g/mol. The first kappa shape index (κ1) is 16.3. The van der Waals surface area contributed by atoms with E-state index in [9.17, 15) is 13.2 Å². The van der Waals surface area contributed by atoms with Crippen molar-refractivity contribution in [2.24, 2.45) is 5.92 Å². The van der Waals surface area contributed by atoms with Gasteiger partial charge in [-0.3, -0.25) is 0 Å². The molecule has 1 aliphatic heterocycles. The zero-order valence-electron chi connectivity index (χ0n) is 12.2. The van der Waals surface area contributed by atoms with Crippen molar-refractivity contribution in [3.63, 3.8) is 0 Å². The lowest BCUT2D eigenvalue weighted by Gasteiger charge is -2.34. The van der Waals surface area contributed by atoms with Crippen molar-refractivity contribution in [1.29, 1.82) is 0 Å². The average molecular weight is 322 g/mol. The summed E-state index contributed by atoms with van der Waals surface area (Å²) in [6, 6.07) is 0. The molecule has 0 atom stereocenters. The molecule has 0 amide bonds. The highest BCUT2D eigenvalue weighted by atomic mass is 35.5. The maximum atomic E-state index is 12.7. The fourth-order valence-electron chi connectivity index (χ4n) is 2.58. The van der Waals surface area contributed by atoms with Gasteiger partial charge >= 0.3 is 6.18 Å². The molecule has 0 spiro atoms. The minimum atomic E-state index is -4.10. The van der Waals surface area contributed by atoms with Crippen LogP contribution in [0.25, 0.3) is 0 Å². The Hall–Kier alpha value is -1.04. The number of aromatic nitrogens is 2. The van der Waals surface area contributed by atoms with Crippen LogP contribution in [0.1, 0.15) is 37.6 Å². The molecule has 21 heavy (non-hydrogen) atoms. The van der Waals surface area contributed by atoms with E-state index in [0.717, 1.165) is 12.0 Å². The van der Waals surface area contributed by atoms with Gasteiger partial charge in [0.25, 0.3) is 0 Å². The summed E-state index contributed by atoms with van der Waals surface area (Å²) >= 11 is 6.12. The first-order valence-corrected chi connectivity index (χ1v) is 7.55. The molecule has 1 aromatic heterocycles. The maximum absolute atomic E-state index is 12.7. The fraction of sp³-hybridized carbons (Fsp3) is 0.714. The SMILES string of the molecule is CCCc1nc(Cl)c(C)c(N2CCC(C(F)(F)F)CC2)n1. The average Bonchev–Trinajstić information content (AvgIpc) is 2.42. The van der Waals surface area contributed by atoms with Crippen LogP contribution in [0.5, 0.6) is 0 Å². The Bertz CT molecular complexity index is 497. The Labute approximate surface area is 127 Å². The second-order valence-corrected chi connectivity index (χ2v) is 5.79. The highest BCUT2D eigenvalue weighted by Gasteiger charge is 2.41. The highest BCUT2D eigenvalue weighted by Crippen LogP contribution is 2.36. The number of anilines is 1. The molecule has 0 radical (unpaired) electrons. The Morgan fingerprint density at radius 2 is 1.86 bits per heavy atom. The van der Waals surface area contributed by atoms with Gasteiger partial charge in [-0.15, -0.1) is 0 Å². The van der Waals surface area contributed by atoms with Crippen LogP contribution in [-0.4, -0.2) is 29.2 Å². The van der Waals surface area contributed by atoms with E-state index in [1.807, 2.05) is 18.7 Å². The fourth-order valence-corrected chi connectivity index (χ4v) is 2.76. The van der Waals surface area contributed by atoms with Crippen LogP contribution in [0.4, 0.5) is 19.0 Å². The van der Waals surface area contributed by atoms with Gasteiger partial charge in [0.2, 0.25) is 0 Å². The lowest BCUT2D eigenvalue weighted by Crippen LogP contribution is -2.39. The van der Waals surface area contributed by atoms with E-state index in [4.69, 9.17) is 11.6 Å². The normalized spacial score (nSPS) is 17.3. The summed E-state index contributed by atoms with van der Waals surface area (Å²) in [6.45, 7) is 4.53. The summed E-state index contributed by atoms with van der Waals surface area (Å²) in [7, 11) is 0. The number of nitrogens with zero attached hydrogens (tertiary/aromatic N) is 3. The third kappa shape index (κ3) is 3.78. The molecule has 1 aliphatic rings. The quantitative estimate of drug-likeness (QED) is 0.782. The molecule has 2 rings (SSSR count). The van der Waals surface area contributed by atoms with Gasteiger partial charge in [0.05, 0.1) is 5.92 Å². The molecular formula is C14H19ClF3N3. The topological polar surface area (TPSA) is 29.0 Å². The number of hydrogen-bond donors (Lipinski definition) is 0. The summed E-state index contributed by atoms with van der Waals surface area (Å²) < 4.78 is 38.1. The number of hydrogen-bond acceptors (Lipinski definition) is 3. The molecule has 0 saturated carbocycles. The van der Waals surface area contributed by atoms with Gasteiger partial charge in [0.15, 0.2) is 0 Å². The molecule has 0 N–H and O–H groups in total. The van der Waals surface area contributed by atoms with Gasteiger partial charge in [-0.25, -0.2) is 9.97 Å². The first-order chi connectivity index (χ1) is 9.82. The van der Waals surface area contributed by atoms with Gasteiger partial charge < -0.3 is 4.90 Å². The van der Waals surface area contributed by atoms with Gasteiger partial charge in [0, 0.05) is 25.1 Å². The number of alkyl halides is 3. The Morgan fingerprint density at radius 1 is 1.24 bits per heavy atom. The smallest absolute Gasteiger partial charge is 0.356 e. The summed E-state index contributed by atoms with van der Waals surface area (Å²) in [5.41, 5.74) is 0.738. The number of rotatable bonds is 3. The summed E-state index contributed by atoms with van der Waals surface area (Å²) in [5.74, 6) is 0.126. The molecule has 3 nitrogen and oxygen atoms in total. The van der Waals surface area contributed by atoms with Crippen LogP contribution in [0.2, 0.25) is 5.15 Å². The standard InChI is InChI=1S/C14H19ClF3N3/c1-3-4-11-19-12(15)9(2)13(20-11)21-7-5-10(6-8-21)14(16,17)18/h10H,3-8H2,1-2H3. The van der Waals surface area contributed by atoms with E-state index >= 15 is 0 Å². The summed E-state index contributed by atoms with van der Waals surface area (Å²) in [5, 5.41) is 0.390. The van der Waals surface area contributed by atoms with Crippen molar-refractivity contribution in [3.05, 3.63) is 16.5 Å². The molecule has 1 saturated heterocycles. The van der Waals surface area contributed by atoms with E-state index in [2.05, 4.69) is 9.97 Å². The van der Waals surface area contributed by atoms with Crippen molar-refractivity contribution in [3.8, 4) is 0 Å². The molecule has 0 aromatic carbocycles.